The number of aryl methyl sites for hydroxylation is 1. The van der Waals surface area contributed by atoms with Crippen LogP contribution in [-0.4, -0.2) is 48.2 Å². The topological polar surface area (TPSA) is 112 Å². The van der Waals surface area contributed by atoms with Gasteiger partial charge in [0, 0.05) is 0 Å². The average Bonchev–Trinajstić information content (AvgIpc) is 2.37. The number of carboxylic acid groups (broad SMARTS) is 1. The van der Waals surface area contributed by atoms with Crippen LogP contribution in [0, 0.1) is 0 Å². The molecule has 3 N–H and O–H groups in total. The Morgan fingerprint density at radius 3 is 2.47 bits per heavy atom. The molecule has 7 heteroatoms. The monoisotopic (exact) mass is 288 g/mol. The number of aliphatic hydroxyl groups is 2. The fourth-order valence-electron chi connectivity index (χ4n) is 1.66. The second-order valence-corrected chi connectivity index (χ2v) is 6.13. The predicted molar refractivity (Wildman–Crippen MR) is 67.9 cm³/mol. The van der Waals surface area contributed by atoms with E-state index in [4.69, 9.17) is 10.2 Å². The predicted octanol–water partition coefficient (Wildman–Crippen LogP) is 0.0741. The summed E-state index contributed by atoms with van der Waals surface area (Å²) in [4.78, 5) is 10.9. The molecule has 0 fully saturated rings. The Kier molecular flexibility index (Phi) is 5.04. The van der Waals surface area contributed by atoms with Crippen LogP contribution in [0.25, 0.3) is 0 Å². The first-order chi connectivity index (χ1) is 8.81. The smallest absolute Gasteiger partial charge is 0.336 e. The van der Waals surface area contributed by atoms with Crippen molar-refractivity contribution in [1.29, 1.82) is 0 Å². The SMILES string of the molecule is CCc1ccc(S(=O)(=O)CC(O)CO)cc1C(=O)O. The second-order valence-electron chi connectivity index (χ2n) is 4.10. The van der Waals surface area contributed by atoms with Crippen LogP contribution >= 0.6 is 0 Å². The molecule has 0 amide bonds. The van der Waals surface area contributed by atoms with Crippen molar-refractivity contribution in [3.05, 3.63) is 29.3 Å². The van der Waals surface area contributed by atoms with Crippen LogP contribution < -0.4 is 0 Å². The fourth-order valence-corrected chi connectivity index (χ4v) is 3.04. The Morgan fingerprint density at radius 1 is 1.37 bits per heavy atom. The highest BCUT2D eigenvalue weighted by Gasteiger charge is 2.21. The molecule has 106 valence electrons. The number of rotatable bonds is 6. The van der Waals surface area contributed by atoms with Crippen molar-refractivity contribution < 1.29 is 28.5 Å². The molecule has 1 aromatic carbocycles. The molecule has 0 heterocycles. The highest BCUT2D eigenvalue weighted by atomic mass is 32.2. The van der Waals surface area contributed by atoms with E-state index >= 15 is 0 Å². The van der Waals surface area contributed by atoms with Crippen molar-refractivity contribution in [1.82, 2.24) is 0 Å². The maximum absolute atomic E-state index is 11.9. The van der Waals surface area contributed by atoms with Crippen molar-refractivity contribution in [2.75, 3.05) is 12.4 Å². The van der Waals surface area contributed by atoms with Crippen molar-refractivity contribution in [2.45, 2.75) is 24.3 Å². The number of aliphatic hydroxyl groups excluding tert-OH is 2. The molecule has 19 heavy (non-hydrogen) atoms. The number of hydrogen-bond acceptors (Lipinski definition) is 5. The summed E-state index contributed by atoms with van der Waals surface area (Å²) in [6.45, 7) is 1.10. The van der Waals surface area contributed by atoms with E-state index in [-0.39, 0.29) is 10.5 Å². The molecule has 1 atom stereocenters. The maximum Gasteiger partial charge on any atom is 0.336 e. The van der Waals surface area contributed by atoms with Gasteiger partial charge in [0.1, 0.15) is 0 Å². The molecule has 0 aliphatic carbocycles. The summed E-state index contributed by atoms with van der Waals surface area (Å²) in [7, 11) is -3.83. The third-order valence-electron chi connectivity index (χ3n) is 2.67. The summed E-state index contributed by atoms with van der Waals surface area (Å²) in [6, 6.07) is 3.84. The Bertz CT molecular complexity index is 564. The quantitative estimate of drug-likeness (QED) is 0.683. The van der Waals surface area contributed by atoms with Crippen molar-refractivity contribution >= 4 is 15.8 Å². The zero-order valence-corrected chi connectivity index (χ0v) is 11.2. The lowest BCUT2D eigenvalue weighted by molar-refractivity contribution is 0.0695. The zero-order chi connectivity index (χ0) is 14.6. The van der Waals surface area contributed by atoms with Crippen LogP contribution in [0.4, 0.5) is 0 Å². The molecule has 6 nitrogen and oxygen atoms in total. The summed E-state index contributed by atoms with van der Waals surface area (Å²) in [5.41, 5.74) is 0.469. The van der Waals surface area contributed by atoms with Crippen molar-refractivity contribution in [3.8, 4) is 0 Å². The highest BCUT2D eigenvalue weighted by molar-refractivity contribution is 7.91. The van der Waals surface area contributed by atoms with Gasteiger partial charge in [0.15, 0.2) is 9.84 Å². The van der Waals surface area contributed by atoms with E-state index in [2.05, 4.69) is 0 Å². The molecular formula is C12H16O6S. The number of carbonyl (C=O) groups is 1. The summed E-state index contributed by atoms with van der Waals surface area (Å²) in [6.07, 6.45) is -0.912. The average molecular weight is 288 g/mol. The zero-order valence-electron chi connectivity index (χ0n) is 10.4. The lowest BCUT2D eigenvalue weighted by Crippen LogP contribution is -2.24. The number of sulfone groups is 1. The number of benzene rings is 1. The van der Waals surface area contributed by atoms with E-state index < -0.39 is 34.3 Å². The van der Waals surface area contributed by atoms with Gasteiger partial charge in [-0.15, -0.1) is 0 Å². The molecule has 0 saturated carbocycles. The van der Waals surface area contributed by atoms with Gasteiger partial charge in [0.05, 0.1) is 28.9 Å². The summed E-state index contributed by atoms with van der Waals surface area (Å²) in [5.74, 6) is -1.84. The Morgan fingerprint density at radius 2 is 2.00 bits per heavy atom. The fraction of sp³-hybridized carbons (Fsp3) is 0.417. The first kappa shape index (κ1) is 15.6. The normalized spacial score (nSPS) is 13.2. The lowest BCUT2D eigenvalue weighted by atomic mass is 10.1. The molecule has 0 aliphatic rings. The molecule has 0 spiro atoms. The van der Waals surface area contributed by atoms with Gasteiger partial charge in [-0.1, -0.05) is 13.0 Å². The van der Waals surface area contributed by atoms with Crippen molar-refractivity contribution in [2.24, 2.45) is 0 Å². The van der Waals surface area contributed by atoms with E-state index in [0.29, 0.717) is 12.0 Å². The van der Waals surface area contributed by atoms with E-state index in [0.717, 1.165) is 6.07 Å². The van der Waals surface area contributed by atoms with Crippen LogP contribution in [0.5, 0.6) is 0 Å². The molecule has 0 aromatic heterocycles. The van der Waals surface area contributed by atoms with Gasteiger partial charge < -0.3 is 15.3 Å². The summed E-state index contributed by atoms with van der Waals surface area (Å²) in [5, 5.41) is 26.9. The minimum absolute atomic E-state index is 0.0675. The van der Waals surface area contributed by atoms with Crippen LogP contribution in [0.3, 0.4) is 0 Å². The van der Waals surface area contributed by atoms with Crippen LogP contribution in [0.1, 0.15) is 22.8 Å². The Labute approximate surface area is 111 Å². The summed E-state index contributed by atoms with van der Waals surface area (Å²) >= 11 is 0. The summed E-state index contributed by atoms with van der Waals surface area (Å²) < 4.78 is 23.8. The molecule has 0 radical (unpaired) electrons. The maximum atomic E-state index is 11.9. The van der Waals surface area contributed by atoms with E-state index in [1.54, 1.807) is 6.92 Å². The molecular weight excluding hydrogens is 272 g/mol. The standard InChI is InChI=1S/C12H16O6S/c1-2-8-3-4-10(5-11(8)12(15)16)19(17,18)7-9(14)6-13/h3-5,9,13-14H,2,6-7H2,1H3,(H,15,16). The number of carboxylic acids is 1. The van der Waals surface area contributed by atoms with Gasteiger partial charge in [0.25, 0.3) is 0 Å². The third-order valence-corrected chi connectivity index (χ3v) is 4.47. The molecule has 1 rings (SSSR count). The van der Waals surface area contributed by atoms with E-state index in [1.165, 1.54) is 12.1 Å². The molecule has 1 unspecified atom stereocenters. The molecule has 1 aromatic rings. The minimum Gasteiger partial charge on any atom is -0.478 e. The first-order valence-electron chi connectivity index (χ1n) is 5.69. The van der Waals surface area contributed by atoms with Crippen LogP contribution in [0.2, 0.25) is 0 Å². The van der Waals surface area contributed by atoms with Crippen LogP contribution in [0.15, 0.2) is 23.1 Å². The van der Waals surface area contributed by atoms with Gasteiger partial charge in [-0.25, -0.2) is 13.2 Å². The van der Waals surface area contributed by atoms with E-state index in [9.17, 15) is 18.3 Å². The number of aromatic carboxylic acids is 1. The third kappa shape index (κ3) is 3.76. The van der Waals surface area contributed by atoms with Crippen LogP contribution in [-0.2, 0) is 16.3 Å². The largest absolute Gasteiger partial charge is 0.478 e. The molecule has 0 bridgehead atoms. The highest BCUT2D eigenvalue weighted by Crippen LogP contribution is 2.18. The second kappa shape index (κ2) is 6.14. The van der Waals surface area contributed by atoms with Gasteiger partial charge in [0.2, 0.25) is 0 Å². The lowest BCUT2D eigenvalue weighted by Gasteiger charge is -2.10. The molecule has 0 aliphatic heterocycles. The van der Waals surface area contributed by atoms with Gasteiger partial charge in [-0.2, -0.15) is 0 Å². The minimum atomic E-state index is -3.83. The first-order valence-corrected chi connectivity index (χ1v) is 7.35. The van der Waals surface area contributed by atoms with Gasteiger partial charge in [-0.3, -0.25) is 0 Å². The van der Waals surface area contributed by atoms with Gasteiger partial charge in [-0.05, 0) is 24.1 Å². The Balaban J connectivity index is 3.22. The van der Waals surface area contributed by atoms with E-state index in [1.807, 2.05) is 0 Å². The van der Waals surface area contributed by atoms with Gasteiger partial charge >= 0.3 is 5.97 Å². The molecule has 0 saturated heterocycles. The van der Waals surface area contributed by atoms with Crippen molar-refractivity contribution in [3.63, 3.8) is 0 Å². The number of hydrogen-bond donors (Lipinski definition) is 3. The Hall–Kier alpha value is -1.44.